The average Bonchev–Trinajstić information content (AvgIpc) is 2.53. The van der Waals surface area contributed by atoms with Crippen LogP contribution in [0.2, 0.25) is 5.15 Å². The second kappa shape index (κ2) is 6.29. The van der Waals surface area contributed by atoms with E-state index < -0.39 is 23.5 Å². The van der Waals surface area contributed by atoms with Crippen LogP contribution in [0.5, 0.6) is 0 Å². The molecule has 0 unspecified atom stereocenters. The summed E-state index contributed by atoms with van der Waals surface area (Å²) in [5.41, 5.74) is 1.67. The molecule has 1 aromatic carbocycles. The molecule has 0 aliphatic carbocycles. The first kappa shape index (κ1) is 17.1. The number of pyridine rings is 1. The molecule has 0 radical (unpaired) electrons. The molecule has 128 valence electrons. The molecule has 1 aromatic heterocycles. The van der Waals surface area contributed by atoms with Crippen molar-refractivity contribution in [1.29, 1.82) is 0 Å². The van der Waals surface area contributed by atoms with Gasteiger partial charge in [-0.15, -0.1) is 0 Å². The molecule has 0 atom stereocenters. The quantitative estimate of drug-likeness (QED) is 0.352. The molecule has 0 saturated carbocycles. The summed E-state index contributed by atoms with van der Waals surface area (Å²) in [6.45, 7) is 2.96. The summed E-state index contributed by atoms with van der Waals surface area (Å²) < 4.78 is 23.6. The van der Waals surface area contributed by atoms with Crippen molar-refractivity contribution in [2.45, 2.75) is 19.6 Å². The first-order chi connectivity index (χ1) is 11.7. The monoisotopic (exact) mass is 361 g/mol. The molecule has 0 spiro atoms. The van der Waals surface area contributed by atoms with Crippen LogP contribution in [0.25, 0.3) is 17.2 Å². The Bertz CT molecular complexity index is 868. The van der Waals surface area contributed by atoms with E-state index in [4.69, 9.17) is 21.1 Å². The van der Waals surface area contributed by atoms with Gasteiger partial charge in [0.05, 0.1) is 0 Å². The smallest absolute Gasteiger partial charge is 0.348 e. The molecule has 1 fully saturated rings. The van der Waals surface area contributed by atoms with E-state index in [9.17, 15) is 14.0 Å². The third-order valence-electron chi connectivity index (χ3n) is 3.47. The topological polar surface area (TPSA) is 65.5 Å². The highest BCUT2D eigenvalue weighted by Crippen LogP contribution is 2.26. The maximum Gasteiger partial charge on any atom is 0.348 e. The standard InChI is InChI=1S/C18H13ClFNO4/c1-18(2)24-16(22)13(17(23)25-18)7-10-3-5-11(6-4-10)12-8-14(20)15(19)21-9-12/h3-9H,1-2H3. The fraction of sp³-hybridized carbons (Fsp3) is 0.167. The minimum atomic E-state index is -1.28. The van der Waals surface area contributed by atoms with Crippen molar-refractivity contribution < 1.29 is 23.5 Å². The molecule has 0 amide bonds. The van der Waals surface area contributed by atoms with Gasteiger partial charge in [0.25, 0.3) is 5.79 Å². The van der Waals surface area contributed by atoms with Crippen LogP contribution in [-0.2, 0) is 19.1 Å². The number of halogens is 2. The summed E-state index contributed by atoms with van der Waals surface area (Å²) in [6.07, 6.45) is 2.83. The summed E-state index contributed by atoms with van der Waals surface area (Å²) in [4.78, 5) is 27.6. The number of aromatic nitrogens is 1. The number of hydrogen-bond acceptors (Lipinski definition) is 5. The van der Waals surface area contributed by atoms with Gasteiger partial charge in [-0.05, 0) is 23.3 Å². The van der Waals surface area contributed by atoms with Crippen LogP contribution in [0, 0.1) is 5.82 Å². The molecule has 2 heterocycles. The van der Waals surface area contributed by atoms with E-state index >= 15 is 0 Å². The predicted octanol–water partition coefficient (Wildman–Crippen LogP) is 3.76. The zero-order valence-corrected chi connectivity index (χ0v) is 14.1. The van der Waals surface area contributed by atoms with E-state index in [0.29, 0.717) is 16.7 Å². The normalized spacial score (nSPS) is 16.2. The molecule has 5 nitrogen and oxygen atoms in total. The molecule has 1 aliphatic heterocycles. The molecule has 0 bridgehead atoms. The van der Waals surface area contributed by atoms with Gasteiger partial charge in [0, 0.05) is 25.6 Å². The third kappa shape index (κ3) is 3.69. The van der Waals surface area contributed by atoms with Gasteiger partial charge in [-0.25, -0.2) is 19.0 Å². The Morgan fingerprint density at radius 3 is 2.24 bits per heavy atom. The lowest BCUT2D eigenvalue weighted by Gasteiger charge is -2.29. The Morgan fingerprint density at radius 1 is 1.08 bits per heavy atom. The van der Waals surface area contributed by atoms with Crippen LogP contribution in [0.15, 0.2) is 42.1 Å². The van der Waals surface area contributed by atoms with E-state index in [2.05, 4.69) is 4.98 Å². The minimum Gasteiger partial charge on any atom is -0.419 e. The fourth-order valence-electron chi connectivity index (χ4n) is 2.30. The van der Waals surface area contributed by atoms with Crippen molar-refractivity contribution in [3.8, 4) is 11.1 Å². The van der Waals surface area contributed by atoms with Gasteiger partial charge in [-0.2, -0.15) is 0 Å². The summed E-state index contributed by atoms with van der Waals surface area (Å²) in [7, 11) is 0. The van der Waals surface area contributed by atoms with Crippen LogP contribution in [0.3, 0.4) is 0 Å². The van der Waals surface area contributed by atoms with Crippen molar-refractivity contribution >= 4 is 29.6 Å². The molecule has 0 N–H and O–H groups in total. The van der Waals surface area contributed by atoms with E-state index in [1.807, 2.05) is 0 Å². The Kier molecular flexibility index (Phi) is 4.30. The zero-order valence-electron chi connectivity index (χ0n) is 13.4. The lowest BCUT2D eigenvalue weighted by atomic mass is 10.0. The van der Waals surface area contributed by atoms with Gasteiger partial charge in [0.15, 0.2) is 11.0 Å². The maximum atomic E-state index is 13.5. The largest absolute Gasteiger partial charge is 0.419 e. The van der Waals surface area contributed by atoms with Gasteiger partial charge < -0.3 is 9.47 Å². The number of benzene rings is 1. The van der Waals surface area contributed by atoms with E-state index in [-0.39, 0.29) is 10.7 Å². The summed E-state index contributed by atoms with van der Waals surface area (Å²) >= 11 is 5.57. The summed E-state index contributed by atoms with van der Waals surface area (Å²) in [6, 6.07) is 8.05. The Hall–Kier alpha value is -2.73. The van der Waals surface area contributed by atoms with Crippen molar-refractivity contribution in [3.05, 3.63) is 58.6 Å². The van der Waals surface area contributed by atoms with Gasteiger partial charge in [-0.1, -0.05) is 35.9 Å². The SMILES string of the molecule is CC1(C)OC(=O)C(=Cc2ccc(-c3cnc(Cl)c(F)c3)cc2)C(=O)O1. The number of rotatable bonds is 2. The minimum absolute atomic E-state index is 0.189. The second-order valence-corrected chi connectivity index (χ2v) is 6.21. The van der Waals surface area contributed by atoms with Crippen LogP contribution in [0.4, 0.5) is 4.39 Å². The molecule has 2 aromatic rings. The number of carbonyl (C=O) groups is 2. The number of hydrogen-bond donors (Lipinski definition) is 0. The highest BCUT2D eigenvalue weighted by Gasteiger charge is 2.38. The number of carbonyl (C=O) groups excluding carboxylic acids is 2. The van der Waals surface area contributed by atoms with Gasteiger partial charge in [-0.3, -0.25) is 0 Å². The number of cyclic esters (lactones) is 2. The van der Waals surface area contributed by atoms with Crippen LogP contribution in [0.1, 0.15) is 19.4 Å². The van der Waals surface area contributed by atoms with E-state index in [0.717, 1.165) is 0 Å². The van der Waals surface area contributed by atoms with Crippen LogP contribution >= 0.6 is 11.6 Å². The van der Waals surface area contributed by atoms with Crippen molar-refractivity contribution in [3.63, 3.8) is 0 Å². The Labute approximate surface area is 148 Å². The number of nitrogens with zero attached hydrogens (tertiary/aromatic N) is 1. The summed E-state index contributed by atoms with van der Waals surface area (Å²) in [5, 5.41) is -0.192. The molecular weight excluding hydrogens is 349 g/mol. The molecule has 3 rings (SSSR count). The van der Waals surface area contributed by atoms with Crippen LogP contribution < -0.4 is 0 Å². The van der Waals surface area contributed by atoms with Gasteiger partial charge in [0.1, 0.15) is 5.57 Å². The first-order valence-electron chi connectivity index (χ1n) is 7.35. The fourth-order valence-corrected chi connectivity index (χ4v) is 2.40. The van der Waals surface area contributed by atoms with Gasteiger partial charge >= 0.3 is 11.9 Å². The van der Waals surface area contributed by atoms with Crippen molar-refractivity contribution in [2.24, 2.45) is 0 Å². The summed E-state index contributed by atoms with van der Waals surface area (Å²) in [5.74, 6) is -3.37. The lowest BCUT2D eigenvalue weighted by molar-refractivity contribution is -0.222. The lowest BCUT2D eigenvalue weighted by Crippen LogP contribution is -2.41. The molecule has 25 heavy (non-hydrogen) atoms. The molecule has 7 heteroatoms. The highest BCUT2D eigenvalue weighted by atomic mass is 35.5. The Balaban J connectivity index is 1.86. The number of esters is 2. The zero-order chi connectivity index (χ0) is 18.2. The van der Waals surface area contributed by atoms with E-state index in [1.54, 1.807) is 24.3 Å². The van der Waals surface area contributed by atoms with Gasteiger partial charge in [0.2, 0.25) is 0 Å². The van der Waals surface area contributed by atoms with Crippen molar-refractivity contribution in [1.82, 2.24) is 4.98 Å². The van der Waals surface area contributed by atoms with E-state index in [1.165, 1.54) is 32.2 Å². The third-order valence-corrected chi connectivity index (χ3v) is 3.75. The first-order valence-corrected chi connectivity index (χ1v) is 7.73. The van der Waals surface area contributed by atoms with Crippen LogP contribution in [-0.4, -0.2) is 22.7 Å². The predicted molar refractivity (Wildman–Crippen MR) is 88.9 cm³/mol. The number of ether oxygens (including phenoxy) is 2. The molecule has 1 aliphatic rings. The highest BCUT2D eigenvalue weighted by molar-refractivity contribution is 6.29. The van der Waals surface area contributed by atoms with Crippen molar-refractivity contribution in [2.75, 3.05) is 0 Å². The maximum absolute atomic E-state index is 13.5. The Morgan fingerprint density at radius 2 is 1.68 bits per heavy atom. The average molecular weight is 362 g/mol. The molecular formula is C18H13ClFNO4. The second-order valence-electron chi connectivity index (χ2n) is 5.86. The molecule has 1 saturated heterocycles.